The molecule has 0 amide bonds. The highest BCUT2D eigenvalue weighted by molar-refractivity contribution is 5.88. The lowest BCUT2D eigenvalue weighted by molar-refractivity contribution is -0.142. The summed E-state index contributed by atoms with van der Waals surface area (Å²) in [5.41, 5.74) is 7.58. The Morgan fingerprint density at radius 3 is 1.07 bits per heavy atom. The number of esters is 3. The normalized spacial score (nSPS) is 12.9. The maximum Gasteiger partial charge on any atom is 0.356 e. The van der Waals surface area contributed by atoms with E-state index in [1.807, 2.05) is 83.8 Å². The molecule has 546 valence electrons. The molecule has 2 aromatic carbocycles. The van der Waals surface area contributed by atoms with Crippen molar-refractivity contribution in [3.8, 4) is 23.7 Å². The number of nitrogens with zero attached hydrogens (tertiary/aromatic N) is 8. The van der Waals surface area contributed by atoms with Gasteiger partial charge < -0.3 is 80.9 Å². The molecule has 0 spiro atoms. The molecule has 26 nitrogen and oxygen atoms in total. The van der Waals surface area contributed by atoms with Crippen molar-refractivity contribution in [2.45, 2.75) is 26.2 Å². The van der Waals surface area contributed by atoms with Crippen molar-refractivity contribution in [1.29, 1.82) is 0 Å². The van der Waals surface area contributed by atoms with E-state index in [9.17, 15) is 14.4 Å². The van der Waals surface area contributed by atoms with Crippen LogP contribution in [0.2, 0.25) is 0 Å². The van der Waals surface area contributed by atoms with Crippen molar-refractivity contribution in [2.75, 3.05) is 251 Å². The largest absolute Gasteiger partial charge is 0.468 e. The molecule has 100 heavy (non-hydrogen) atoms. The number of hydrogen-bond donors (Lipinski definition) is 0. The van der Waals surface area contributed by atoms with E-state index in [0.29, 0.717) is 233 Å². The number of anilines is 2. The van der Waals surface area contributed by atoms with Gasteiger partial charge in [-0.1, -0.05) is 29.7 Å². The highest BCUT2D eigenvalue weighted by Crippen LogP contribution is 2.20. The van der Waals surface area contributed by atoms with E-state index in [0.717, 1.165) is 33.9 Å². The van der Waals surface area contributed by atoms with E-state index in [1.165, 1.54) is 21.3 Å². The topological polar surface area (TPSA) is 245 Å². The first-order valence-electron chi connectivity index (χ1n) is 33.7. The zero-order valence-corrected chi connectivity index (χ0v) is 59.4. The quantitative estimate of drug-likeness (QED) is 0.0214. The second-order valence-corrected chi connectivity index (χ2v) is 22.8. The summed E-state index contributed by atoms with van der Waals surface area (Å²) in [6, 6.07) is 28.8. The van der Waals surface area contributed by atoms with Crippen molar-refractivity contribution < 1.29 is 85.4 Å². The lowest BCUT2D eigenvalue weighted by Gasteiger charge is -2.31. The molecular weight excluding hydrogens is 1290 g/mol. The van der Waals surface area contributed by atoms with Crippen LogP contribution in [0.1, 0.15) is 66.0 Å². The highest BCUT2D eigenvalue weighted by atomic mass is 16.6. The summed E-state index contributed by atoms with van der Waals surface area (Å²) < 4.78 is 81.7. The van der Waals surface area contributed by atoms with Crippen LogP contribution < -0.4 is 9.80 Å². The number of ether oxygens (including phenoxy) is 15. The van der Waals surface area contributed by atoms with E-state index in [2.05, 4.69) is 43.3 Å². The van der Waals surface area contributed by atoms with Crippen molar-refractivity contribution in [3.05, 3.63) is 147 Å². The van der Waals surface area contributed by atoms with Gasteiger partial charge in [0, 0.05) is 141 Å². The molecule has 1 aliphatic heterocycles. The molecule has 0 radical (unpaired) electrons. The standard InChI is InChI=1S/C74H102N8O18/c1-86-35-39-97-47-43-93-31-27-81(28-32-94-44-48-98-40-36-87-2)68-19-15-60(16-20-68)11-13-62-51-66(76-70(53-62)73(84)91-6)57-78-23-25-79(55-64-9-8-10-65(75-64)56-80(26-24-78)59-72(83)90-5)58-67-52-63(54-71(77-67)74(85)92-7)14-12-61-17-21-69(22-18-61)82(29-33-95-45-49-99-41-37-88-3)30-34-96-46-50-100-42-38-89-4/h8-10,15-22,51-54H,23-50,55-59H2,1-7H3. The van der Waals surface area contributed by atoms with Gasteiger partial charge in [-0.2, -0.15) is 0 Å². The minimum absolute atomic E-state index is 0.0436. The van der Waals surface area contributed by atoms with Gasteiger partial charge in [-0.05, 0) is 84.9 Å². The van der Waals surface area contributed by atoms with Crippen molar-refractivity contribution in [1.82, 2.24) is 29.7 Å². The molecule has 1 aliphatic rings. The highest BCUT2D eigenvalue weighted by Gasteiger charge is 2.22. The summed E-state index contributed by atoms with van der Waals surface area (Å²) in [6.07, 6.45) is 0. The van der Waals surface area contributed by atoms with Crippen LogP contribution in [0.25, 0.3) is 0 Å². The van der Waals surface area contributed by atoms with Gasteiger partial charge in [0.2, 0.25) is 0 Å². The second kappa shape index (κ2) is 49.9. The Hall–Kier alpha value is -7.58. The van der Waals surface area contributed by atoms with E-state index < -0.39 is 11.9 Å². The summed E-state index contributed by atoms with van der Waals surface area (Å²) in [6.45, 7) is 15.6. The number of pyridine rings is 3. The molecule has 6 rings (SSSR count). The second-order valence-electron chi connectivity index (χ2n) is 22.8. The van der Waals surface area contributed by atoms with Gasteiger partial charge >= 0.3 is 17.9 Å². The number of aromatic nitrogens is 3. The monoisotopic (exact) mass is 1390 g/mol. The van der Waals surface area contributed by atoms with Crippen LogP contribution >= 0.6 is 0 Å². The van der Waals surface area contributed by atoms with Gasteiger partial charge in [-0.3, -0.25) is 24.5 Å². The fourth-order valence-electron chi connectivity index (χ4n) is 10.1. The van der Waals surface area contributed by atoms with Crippen molar-refractivity contribution in [2.24, 2.45) is 0 Å². The first kappa shape index (κ1) is 81.4. The van der Waals surface area contributed by atoms with E-state index >= 15 is 0 Å². The molecule has 26 heteroatoms. The van der Waals surface area contributed by atoms with Crippen LogP contribution in [0.4, 0.5) is 11.4 Å². The predicted octanol–water partition coefficient (Wildman–Crippen LogP) is 5.07. The smallest absolute Gasteiger partial charge is 0.356 e. The maximum absolute atomic E-state index is 13.3. The molecule has 5 aromatic rings. The molecule has 0 unspecified atom stereocenters. The number of methoxy groups -OCH3 is 7. The number of carbonyl (C=O) groups excluding carboxylic acids is 3. The Morgan fingerprint density at radius 2 is 0.700 bits per heavy atom. The van der Waals surface area contributed by atoms with Crippen LogP contribution in [0.15, 0.2) is 91.0 Å². The minimum atomic E-state index is -0.605. The summed E-state index contributed by atoms with van der Waals surface area (Å²) in [5.74, 6) is 11.6. The first-order chi connectivity index (χ1) is 49.0. The van der Waals surface area contributed by atoms with Crippen LogP contribution in [-0.4, -0.2) is 288 Å². The molecule has 4 heterocycles. The van der Waals surface area contributed by atoms with E-state index in [-0.39, 0.29) is 23.9 Å². The zero-order valence-electron chi connectivity index (χ0n) is 59.4. The zero-order chi connectivity index (χ0) is 71.0. The van der Waals surface area contributed by atoms with Crippen LogP contribution in [0.3, 0.4) is 0 Å². The maximum atomic E-state index is 13.3. The summed E-state index contributed by atoms with van der Waals surface area (Å²) in [7, 11) is 10.6. The van der Waals surface area contributed by atoms with Gasteiger partial charge in [0.05, 0.1) is 183 Å². The molecule has 0 saturated heterocycles. The molecule has 0 aliphatic carbocycles. The molecule has 2 bridgehead atoms. The summed E-state index contributed by atoms with van der Waals surface area (Å²) >= 11 is 0. The van der Waals surface area contributed by atoms with Gasteiger partial charge in [0.15, 0.2) is 0 Å². The first-order valence-corrected chi connectivity index (χ1v) is 33.7. The Balaban J connectivity index is 1.22. The predicted molar refractivity (Wildman–Crippen MR) is 375 cm³/mol. The van der Waals surface area contributed by atoms with Gasteiger partial charge in [0.1, 0.15) is 11.4 Å². The van der Waals surface area contributed by atoms with Gasteiger partial charge in [-0.25, -0.2) is 19.6 Å². The third-order valence-corrected chi connectivity index (χ3v) is 15.4. The Bertz CT molecular complexity index is 3220. The number of benzene rings is 2. The molecule has 0 N–H and O–H groups in total. The Morgan fingerprint density at radius 1 is 0.370 bits per heavy atom. The number of rotatable bonds is 46. The lowest BCUT2D eigenvalue weighted by atomic mass is 10.1. The van der Waals surface area contributed by atoms with Gasteiger partial charge in [-0.15, -0.1) is 0 Å². The SMILES string of the molecule is COCCOCCOCCN(CCOCCOCCOC)c1ccc(C#Cc2cc(CN3CCN(CC(=O)OC)Cc4cccc(n4)CN(Cc4cc(C#Cc5ccc(N(CCOCCOCCOC)CCOCCOCCOC)cc5)cc(C(=O)OC)n4)CC3)nc(C(=O)OC)c2)cc1. The minimum Gasteiger partial charge on any atom is -0.468 e. The number of fused-ring (bicyclic) bond motifs is 2. The lowest BCUT2D eigenvalue weighted by Crippen LogP contribution is -2.41. The Labute approximate surface area is 589 Å². The molecule has 0 atom stereocenters. The molecule has 0 saturated carbocycles. The van der Waals surface area contributed by atoms with Crippen molar-refractivity contribution >= 4 is 29.3 Å². The van der Waals surface area contributed by atoms with E-state index in [1.54, 1.807) is 40.6 Å². The van der Waals surface area contributed by atoms with Crippen LogP contribution in [0, 0.1) is 23.7 Å². The summed E-state index contributed by atoms with van der Waals surface area (Å²) in [5, 5.41) is 0. The fraction of sp³-hybridized carbons (Fsp3) is 0.541. The third-order valence-electron chi connectivity index (χ3n) is 15.4. The van der Waals surface area contributed by atoms with Crippen molar-refractivity contribution in [3.63, 3.8) is 0 Å². The number of hydrogen-bond acceptors (Lipinski definition) is 26. The third kappa shape index (κ3) is 32.8. The van der Waals surface area contributed by atoms with Crippen LogP contribution in [0.5, 0.6) is 0 Å². The molecular formula is C74H102N8O18. The average Bonchev–Trinajstić information content (AvgIpc) is 0.844. The molecule has 3 aromatic heterocycles. The average molecular weight is 1390 g/mol. The fourth-order valence-corrected chi connectivity index (χ4v) is 10.1. The number of carbonyl (C=O) groups is 3. The van der Waals surface area contributed by atoms with E-state index in [4.69, 9.17) is 86.0 Å². The van der Waals surface area contributed by atoms with Gasteiger partial charge in [0.25, 0.3) is 0 Å². The summed E-state index contributed by atoms with van der Waals surface area (Å²) in [4.78, 5) is 65.0. The van der Waals surface area contributed by atoms with Crippen LogP contribution in [-0.2, 0) is 102 Å². The molecule has 0 fully saturated rings. The Kier molecular flexibility index (Phi) is 40.6.